The van der Waals surface area contributed by atoms with E-state index in [1.807, 2.05) is 36.2 Å². The lowest BCUT2D eigenvalue weighted by Crippen LogP contribution is -2.25. The molecule has 0 fully saturated rings. The molecular formula is C29H28N4O4S. The lowest BCUT2D eigenvalue weighted by molar-refractivity contribution is -0.121. The van der Waals surface area contributed by atoms with Gasteiger partial charge in [0.1, 0.15) is 16.7 Å². The third-order valence-corrected chi connectivity index (χ3v) is 7.59. The van der Waals surface area contributed by atoms with Crippen LogP contribution in [0, 0.1) is 6.92 Å². The third-order valence-electron chi connectivity index (χ3n) is 6.44. The predicted molar refractivity (Wildman–Crippen MR) is 150 cm³/mol. The molecule has 2 atom stereocenters. The minimum absolute atomic E-state index is 0.00575. The molecule has 3 aromatic rings. The van der Waals surface area contributed by atoms with E-state index in [9.17, 15) is 9.59 Å². The number of hydrogen-bond acceptors (Lipinski definition) is 7. The van der Waals surface area contributed by atoms with E-state index in [4.69, 9.17) is 14.6 Å². The van der Waals surface area contributed by atoms with Gasteiger partial charge in [-0.05, 0) is 54.4 Å². The Morgan fingerprint density at radius 2 is 1.76 bits per heavy atom. The summed E-state index contributed by atoms with van der Waals surface area (Å²) < 4.78 is 10.5. The molecule has 0 bridgehead atoms. The van der Waals surface area contributed by atoms with Crippen molar-refractivity contribution >= 4 is 40.1 Å². The maximum Gasteiger partial charge on any atom is 0.262 e. The number of nitrogens with one attached hydrogen (secondary N) is 1. The van der Waals surface area contributed by atoms with Gasteiger partial charge in [-0.15, -0.1) is 0 Å². The highest BCUT2D eigenvalue weighted by Crippen LogP contribution is 2.39. The molecule has 2 aliphatic rings. The number of aryl methyl sites for hydroxylation is 1. The second-order valence-electron chi connectivity index (χ2n) is 9.07. The van der Waals surface area contributed by atoms with Gasteiger partial charge in [0, 0.05) is 24.6 Å². The normalized spacial score (nSPS) is 18.7. The van der Waals surface area contributed by atoms with Gasteiger partial charge in [-0.3, -0.25) is 9.59 Å². The number of hydrazone groups is 1. The van der Waals surface area contributed by atoms with E-state index in [-0.39, 0.29) is 24.3 Å². The molecule has 0 unspecified atom stereocenters. The van der Waals surface area contributed by atoms with Crippen molar-refractivity contribution in [1.82, 2.24) is 5.01 Å². The molecule has 5 rings (SSSR count). The topological polar surface area (TPSA) is 92.6 Å². The van der Waals surface area contributed by atoms with Crippen molar-refractivity contribution in [3.8, 4) is 11.5 Å². The number of anilines is 1. The van der Waals surface area contributed by atoms with Crippen LogP contribution >= 0.6 is 11.8 Å². The summed E-state index contributed by atoms with van der Waals surface area (Å²) in [5, 5.41) is 9.45. The van der Waals surface area contributed by atoms with Gasteiger partial charge >= 0.3 is 0 Å². The van der Waals surface area contributed by atoms with Crippen LogP contribution in [0.25, 0.3) is 0 Å². The first-order chi connectivity index (χ1) is 18.4. The minimum atomic E-state index is -0.616. The standard InChI is InChI=1S/C29H28N4O4S/c1-18-7-9-20(10-8-18)25-16-24(19-11-13-22(36-2)14-12-19)32-33(25)29-31-28(35)26(38-29)17-27(34)30-21-5-4-6-23(15-21)37-3/h4-15,25-26H,16-17H2,1-3H3,(H,30,34)/t25-,26+/m1/s1. The van der Waals surface area contributed by atoms with Crippen molar-refractivity contribution in [2.75, 3.05) is 19.5 Å². The molecule has 2 heterocycles. The van der Waals surface area contributed by atoms with Crippen molar-refractivity contribution < 1.29 is 19.1 Å². The van der Waals surface area contributed by atoms with Gasteiger partial charge in [0.25, 0.3) is 5.91 Å². The monoisotopic (exact) mass is 528 g/mol. The maximum absolute atomic E-state index is 12.8. The molecule has 9 heteroatoms. The fourth-order valence-corrected chi connectivity index (χ4v) is 5.44. The summed E-state index contributed by atoms with van der Waals surface area (Å²) in [6.07, 6.45) is 0.663. The molecule has 8 nitrogen and oxygen atoms in total. The molecule has 38 heavy (non-hydrogen) atoms. The van der Waals surface area contributed by atoms with E-state index >= 15 is 0 Å². The van der Waals surface area contributed by atoms with Crippen LogP contribution in [0.4, 0.5) is 5.69 Å². The molecule has 3 aromatic carbocycles. The Morgan fingerprint density at radius 1 is 1.03 bits per heavy atom. The number of ether oxygens (including phenoxy) is 2. The summed E-state index contributed by atoms with van der Waals surface area (Å²) in [4.78, 5) is 29.9. The lowest BCUT2D eigenvalue weighted by atomic mass is 9.98. The molecule has 0 spiro atoms. The van der Waals surface area contributed by atoms with Gasteiger partial charge in [0.2, 0.25) is 5.91 Å². The molecule has 2 amide bonds. The van der Waals surface area contributed by atoms with E-state index in [0.717, 1.165) is 22.6 Å². The van der Waals surface area contributed by atoms with Gasteiger partial charge in [0.15, 0.2) is 5.17 Å². The number of hydrogen-bond donors (Lipinski definition) is 1. The Hall–Kier alpha value is -4.11. The number of thioether (sulfide) groups is 1. The Balaban J connectivity index is 1.34. The molecule has 0 radical (unpaired) electrons. The van der Waals surface area contributed by atoms with Crippen LogP contribution in [0.15, 0.2) is 82.9 Å². The van der Waals surface area contributed by atoms with Crippen molar-refractivity contribution in [3.63, 3.8) is 0 Å². The number of aliphatic imine (C=N–C) groups is 1. The van der Waals surface area contributed by atoms with Crippen LogP contribution in [-0.4, -0.2) is 47.2 Å². The van der Waals surface area contributed by atoms with Crippen LogP contribution in [0.1, 0.15) is 35.6 Å². The zero-order chi connectivity index (χ0) is 26.6. The van der Waals surface area contributed by atoms with E-state index in [1.165, 1.54) is 17.3 Å². The number of benzene rings is 3. The van der Waals surface area contributed by atoms with Gasteiger partial charge in [-0.25, -0.2) is 5.01 Å². The summed E-state index contributed by atoms with van der Waals surface area (Å²) in [6, 6.07) is 23.1. The number of nitrogens with zero attached hydrogens (tertiary/aromatic N) is 3. The Labute approximate surface area is 225 Å². The largest absolute Gasteiger partial charge is 0.497 e. The molecule has 0 saturated carbocycles. The Morgan fingerprint density at radius 3 is 2.47 bits per heavy atom. The van der Waals surface area contributed by atoms with Crippen molar-refractivity contribution in [2.45, 2.75) is 31.1 Å². The lowest BCUT2D eigenvalue weighted by Gasteiger charge is -2.23. The fourth-order valence-electron chi connectivity index (χ4n) is 4.38. The second kappa shape index (κ2) is 11.1. The van der Waals surface area contributed by atoms with Crippen LogP contribution in [-0.2, 0) is 9.59 Å². The van der Waals surface area contributed by atoms with E-state index < -0.39 is 5.25 Å². The highest BCUT2D eigenvalue weighted by atomic mass is 32.2. The molecule has 0 aromatic heterocycles. The van der Waals surface area contributed by atoms with Crippen molar-refractivity contribution in [3.05, 3.63) is 89.5 Å². The van der Waals surface area contributed by atoms with Crippen LogP contribution in [0.3, 0.4) is 0 Å². The summed E-state index contributed by atoms with van der Waals surface area (Å²) in [5.74, 6) is 0.818. The van der Waals surface area contributed by atoms with Gasteiger partial charge in [-0.1, -0.05) is 47.7 Å². The Kier molecular flexibility index (Phi) is 7.46. The first-order valence-electron chi connectivity index (χ1n) is 12.2. The molecule has 194 valence electrons. The maximum atomic E-state index is 12.8. The van der Waals surface area contributed by atoms with E-state index in [2.05, 4.69) is 34.6 Å². The average molecular weight is 529 g/mol. The quantitative estimate of drug-likeness (QED) is 0.454. The predicted octanol–water partition coefficient (Wildman–Crippen LogP) is 5.19. The van der Waals surface area contributed by atoms with Crippen molar-refractivity contribution in [1.29, 1.82) is 0 Å². The average Bonchev–Trinajstić information content (AvgIpc) is 3.53. The molecule has 0 saturated heterocycles. The SMILES string of the molecule is COc1ccc(C2=NN(C3=NC(=O)[C@H](CC(=O)Nc4cccc(OC)c4)S3)[C@@H](c3ccc(C)cc3)C2)cc1. The van der Waals surface area contributed by atoms with Crippen LogP contribution < -0.4 is 14.8 Å². The van der Waals surface area contributed by atoms with Crippen LogP contribution in [0.2, 0.25) is 0 Å². The fraction of sp³-hybridized carbons (Fsp3) is 0.241. The summed E-state index contributed by atoms with van der Waals surface area (Å²) in [6.45, 7) is 2.05. The minimum Gasteiger partial charge on any atom is -0.497 e. The molecular weight excluding hydrogens is 500 g/mol. The van der Waals surface area contributed by atoms with Crippen LogP contribution in [0.5, 0.6) is 11.5 Å². The highest BCUT2D eigenvalue weighted by molar-refractivity contribution is 8.15. The molecule has 2 aliphatic heterocycles. The number of methoxy groups -OCH3 is 2. The van der Waals surface area contributed by atoms with Gasteiger partial charge in [0.05, 0.1) is 26.0 Å². The summed E-state index contributed by atoms with van der Waals surface area (Å²) >= 11 is 1.28. The van der Waals surface area contributed by atoms with Crippen molar-refractivity contribution in [2.24, 2.45) is 10.1 Å². The summed E-state index contributed by atoms with van der Waals surface area (Å²) in [5.41, 5.74) is 4.73. The Bertz CT molecular complexity index is 1400. The van der Waals surface area contributed by atoms with Gasteiger partial charge in [-0.2, -0.15) is 10.1 Å². The van der Waals surface area contributed by atoms with E-state index in [0.29, 0.717) is 23.0 Å². The zero-order valence-electron chi connectivity index (χ0n) is 21.4. The number of carbonyl (C=O) groups excluding carboxylic acids is 2. The highest BCUT2D eigenvalue weighted by Gasteiger charge is 2.39. The van der Waals surface area contributed by atoms with Gasteiger partial charge < -0.3 is 14.8 Å². The number of carbonyl (C=O) groups is 2. The number of rotatable bonds is 7. The second-order valence-corrected chi connectivity index (χ2v) is 10.2. The molecule has 0 aliphatic carbocycles. The number of amides is 2. The number of amidine groups is 1. The zero-order valence-corrected chi connectivity index (χ0v) is 22.2. The first kappa shape index (κ1) is 25.5. The third kappa shape index (κ3) is 5.57. The smallest absolute Gasteiger partial charge is 0.262 e. The first-order valence-corrected chi connectivity index (χ1v) is 13.1. The van der Waals surface area contributed by atoms with E-state index in [1.54, 1.807) is 38.5 Å². The summed E-state index contributed by atoms with van der Waals surface area (Å²) in [7, 11) is 3.20. The molecule has 1 N–H and O–H groups in total.